The summed E-state index contributed by atoms with van der Waals surface area (Å²) in [7, 11) is 3.30. The zero-order valence-electron chi connectivity index (χ0n) is 8.49. The molecule has 2 heteroatoms. The molecule has 1 aromatic carbocycles. The van der Waals surface area contributed by atoms with Gasteiger partial charge in [0.2, 0.25) is 0 Å². The fourth-order valence-electron chi connectivity index (χ4n) is 1.26. The molecular weight excluding hydrogens is 176 g/mol. The second-order valence-corrected chi connectivity index (χ2v) is 2.91. The Bertz CT molecular complexity index is 308. The van der Waals surface area contributed by atoms with Crippen LogP contribution in [0, 0.1) is 12.3 Å². The summed E-state index contributed by atoms with van der Waals surface area (Å²) in [4.78, 5) is 0. The summed E-state index contributed by atoms with van der Waals surface area (Å²) in [5.41, 5.74) is 1.08. The van der Waals surface area contributed by atoms with E-state index in [1.54, 1.807) is 14.2 Å². The second kappa shape index (κ2) is 5.31. The molecule has 0 bridgehead atoms. The minimum absolute atomic E-state index is 0.0223. The van der Waals surface area contributed by atoms with Crippen LogP contribution in [0.1, 0.15) is 18.1 Å². The minimum atomic E-state index is -0.0223. The van der Waals surface area contributed by atoms with Gasteiger partial charge < -0.3 is 9.47 Å². The van der Waals surface area contributed by atoms with Crippen molar-refractivity contribution in [2.24, 2.45) is 0 Å². The maximum atomic E-state index is 5.27. The van der Waals surface area contributed by atoms with Crippen molar-refractivity contribution in [3.63, 3.8) is 0 Å². The molecule has 1 rings (SSSR count). The number of terminal acetylenes is 1. The third-order valence-electron chi connectivity index (χ3n) is 2.08. The Kier molecular flexibility index (Phi) is 4.03. The summed E-state index contributed by atoms with van der Waals surface area (Å²) in [5, 5.41) is 0. The summed E-state index contributed by atoms with van der Waals surface area (Å²) in [6, 6.07) is 7.73. The van der Waals surface area contributed by atoms with E-state index in [0.29, 0.717) is 6.42 Å². The van der Waals surface area contributed by atoms with Crippen LogP contribution < -0.4 is 4.74 Å². The molecule has 0 aliphatic rings. The van der Waals surface area contributed by atoms with Gasteiger partial charge in [0, 0.05) is 13.5 Å². The summed E-state index contributed by atoms with van der Waals surface area (Å²) in [5.74, 6) is 3.43. The van der Waals surface area contributed by atoms with Crippen LogP contribution in [0.15, 0.2) is 24.3 Å². The monoisotopic (exact) mass is 190 g/mol. The highest BCUT2D eigenvalue weighted by Gasteiger charge is 2.08. The van der Waals surface area contributed by atoms with Crippen LogP contribution in [-0.2, 0) is 4.74 Å². The highest BCUT2D eigenvalue weighted by Crippen LogP contribution is 2.22. The first-order chi connectivity index (χ1) is 6.81. The molecule has 0 radical (unpaired) electrons. The topological polar surface area (TPSA) is 18.5 Å². The molecule has 0 saturated heterocycles. The normalized spacial score (nSPS) is 11.8. The van der Waals surface area contributed by atoms with Crippen molar-refractivity contribution in [1.82, 2.24) is 0 Å². The van der Waals surface area contributed by atoms with E-state index >= 15 is 0 Å². The lowest BCUT2D eigenvalue weighted by Crippen LogP contribution is -1.99. The standard InChI is InChI=1S/C12H14O2/c1-4-5-12(14-3)10-6-8-11(13-2)9-7-10/h1,6-9,12H,5H2,2-3H3. The fourth-order valence-corrected chi connectivity index (χ4v) is 1.26. The van der Waals surface area contributed by atoms with Gasteiger partial charge in [-0.05, 0) is 17.7 Å². The van der Waals surface area contributed by atoms with E-state index in [-0.39, 0.29) is 6.10 Å². The summed E-state index contributed by atoms with van der Waals surface area (Å²) < 4.78 is 10.3. The Hall–Kier alpha value is -1.46. The van der Waals surface area contributed by atoms with Gasteiger partial charge in [0.15, 0.2) is 0 Å². The predicted molar refractivity (Wildman–Crippen MR) is 56.2 cm³/mol. The van der Waals surface area contributed by atoms with E-state index in [1.807, 2.05) is 24.3 Å². The van der Waals surface area contributed by atoms with E-state index in [1.165, 1.54) is 0 Å². The highest BCUT2D eigenvalue weighted by atomic mass is 16.5. The molecule has 14 heavy (non-hydrogen) atoms. The van der Waals surface area contributed by atoms with Crippen LogP contribution in [0.4, 0.5) is 0 Å². The van der Waals surface area contributed by atoms with Gasteiger partial charge in [-0.2, -0.15) is 0 Å². The van der Waals surface area contributed by atoms with Gasteiger partial charge in [-0.15, -0.1) is 12.3 Å². The first kappa shape index (κ1) is 10.6. The van der Waals surface area contributed by atoms with Crippen molar-refractivity contribution in [3.8, 4) is 18.1 Å². The number of hydrogen-bond donors (Lipinski definition) is 0. The lowest BCUT2D eigenvalue weighted by molar-refractivity contribution is 0.108. The van der Waals surface area contributed by atoms with Crippen LogP contribution >= 0.6 is 0 Å². The lowest BCUT2D eigenvalue weighted by Gasteiger charge is -2.12. The average Bonchev–Trinajstić information content (AvgIpc) is 2.26. The van der Waals surface area contributed by atoms with E-state index in [0.717, 1.165) is 11.3 Å². The van der Waals surface area contributed by atoms with E-state index in [9.17, 15) is 0 Å². The second-order valence-electron chi connectivity index (χ2n) is 2.91. The molecule has 1 atom stereocenters. The number of benzene rings is 1. The third-order valence-corrected chi connectivity index (χ3v) is 2.08. The van der Waals surface area contributed by atoms with Gasteiger partial charge in [0.1, 0.15) is 5.75 Å². The van der Waals surface area contributed by atoms with Crippen molar-refractivity contribution in [3.05, 3.63) is 29.8 Å². The molecule has 1 aromatic rings. The van der Waals surface area contributed by atoms with Crippen molar-refractivity contribution in [2.45, 2.75) is 12.5 Å². The highest BCUT2D eigenvalue weighted by molar-refractivity contribution is 5.29. The Morgan fingerprint density at radius 1 is 1.29 bits per heavy atom. The molecule has 74 valence electrons. The van der Waals surface area contributed by atoms with Crippen molar-refractivity contribution in [2.75, 3.05) is 14.2 Å². The van der Waals surface area contributed by atoms with Crippen molar-refractivity contribution < 1.29 is 9.47 Å². The predicted octanol–water partition coefficient (Wildman–Crippen LogP) is 2.41. The van der Waals surface area contributed by atoms with Gasteiger partial charge in [-0.1, -0.05) is 12.1 Å². The Morgan fingerprint density at radius 3 is 2.36 bits per heavy atom. The number of rotatable bonds is 4. The smallest absolute Gasteiger partial charge is 0.118 e. The zero-order valence-corrected chi connectivity index (χ0v) is 8.49. The molecule has 0 heterocycles. The Labute approximate surface area is 84.8 Å². The number of ether oxygens (including phenoxy) is 2. The Balaban J connectivity index is 2.79. The first-order valence-electron chi connectivity index (χ1n) is 4.42. The van der Waals surface area contributed by atoms with Crippen LogP contribution in [0.5, 0.6) is 5.75 Å². The van der Waals surface area contributed by atoms with Crippen molar-refractivity contribution in [1.29, 1.82) is 0 Å². The van der Waals surface area contributed by atoms with E-state index in [2.05, 4.69) is 5.92 Å². The molecule has 0 amide bonds. The fraction of sp³-hybridized carbons (Fsp3) is 0.333. The van der Waals surface area contributed by atoms with Crippen molar-refractivity contribution >= 4 is 0 Å². The molecule has 0 aliphatic carbocycles. The van der Waals surface area contributed by atoms with Crippen LogP contribution in [0.3, 0.4) is 0 Å². The first-order valence-corrected chi connectivity index (χ1v) is 4.42. The van der Waals surface area contributed by atoms with Crippen LogP contribution in [0.25, 0.3) is 0 Å². The van der Waals surface area contributed by atoms with Gasteiger partial charge in [-0.3, -0.25) is 0 Å². The number of methoxy groups -OCH3 is 2. The minimum Gasteiger partial charge on any atom is -0.497 e. The maximum absolute atomic E-state index is 5.27. The molecule has 0 spiro atoms. The van der Waals surface area contributed by atoms with Gasteiger partial charge in [0.25, 0.3) is 0 Å². The SMILES string of the molecule is C#CCC(OC)c1ccc(OC)cc1. The average molecular weight is 190 g/mol. The van der Waals surface area contributed by atoms with E-state index in [4.69, 9.17) is 15.9 Å². The summed E-state index contributed by atoms with van der Waals surface area (Å²) in [6.45, 7) is 0. The number of hydrogen-bond acceptors (Lipinski definition) is 2. The van der Waals surface area contributed by atoms with Crippen LogP contribution in [-0.4, -0.2) is 14.2 Å². The molecule has 0 N–H and O–H groups in total. The maximum Gasteiger partial charge on any atom is 0.118 e. The largest absolute Gasteiger partial charge is 0.497 e. The quantitative estimate of drug-likeness (QED) is 0.679. The molecule has 0 saturated carbocycles. The molecule has 0 fully saturated rings. The third kappa shape index (κ3) is 2.51. The zero-order chi connectivity index (χ0) is 10.4. The summed E-state index contributed by atoms with van der Waals surface area (Å²) >= 11 is 0. The van der Waals surface area contributed by atoms with Crippen LogP contribution in [0.2, 0.25) is 0 Å². The molecule has 0 aliphatic heterocycles. The molecular formula is C12H14O2. The molecule has 2 nitrogen and oxygen atoms in total. The Morgan fingerprint density at radius 2 is 1.93 bits per heavy atom. The van der Waals surface area contributed by atoms with Gasteiger partial charge in [-0.25, -0.2) is 0 Å². The molecule has 1 unspecified atom stereocenters. The van der Waals surface area contributed by atoms with Gasteiger partial charge >= 0.3 is 0 Å². The molecule has 0 aromatic heterocycles. The van der Waals surface area contributed by atoms with E-state index < -0.39 is 0 Å². The summed E-state index contributed by atoms with van der Waals surface area (Å²) in [6.07, 6.45) is 5.81. The van der Waals surface area contributed by atoms with Gasteiger partial charge in [0.05, 0.1) is 13.2 Å². The lowest BCUT2D eigenvalue weighted by atomic mass is 10.1.